The Morgan fingerprint density at radius 3 is 2.70 bits per heavy atom. The Bertz CT molecular complexity index is 260. The molecule has 0 fully saturated rings. The number of aromatic nitrogens is 1. The fourth-order valence-electron chi connectivity index (χ4n) is 0.624. The van der Waals surface area contributed by atoms with Crippen molar-refractivity contribution in [3.8, 4) is 0 Å². The zero-order chi connectivity index (χ0) is 7.40. The topological polar surface area (TPSA) is 47.0 Å². The summed E-state index contributed by atoms with van der Waals surface area (Å²) in [5.41, 5.74) is 0.596. The highest BCUT2D eigenvalue weighted by Gasteiger charge is 1.91. The molecule has 1 heterocycles. The van der Waals surface area contributed by atoms with Gasteiger partial charge in [-0.1, -0.05) is 6.07 Å². The Morgan fingerprint density at radius 1 is 1.40 bits per heavy atom. The Labute approximate surface area is 60.7 Å². The molecule has 4 heteroatoms. The first-order valence-corrected chi connectivity index (χ1v) is 4.17. The summed E-state index contributed by atoms with van der Waals surface area (Å²) >= 11 is 0. The van der Waals surface area contributed by atoms with Crippen molar-refractivity contribution in [2.24, 2.45) is 0 Å². The van der Waals surface area contributed by atoms with Gasteiger partial charge in [0.2, 0.25) is 0 Å². The van der Waals surface area contributed by atoms with Gasteiger partial charge in [0.1, 0.15) is 10.7 Å². The first-order valence-electron chi connectivity index (χ1n) is 2.81. The maximum atomic E-state index is 10.2. The summed E-state index contributed by atoms with van der Waals surface area (Å²) in [6, 6.07) is 5.20. The van der Waals surface area contributed by atoms with Crippen molar-refractivity contribution < 1.29 is 8.42 Å². The molecule has 0 bridgehead atoms. The van der Waals surface area contributed by atoms with Gasteiger partial charge in [-0.25, -0.2) is 8.42 Å². The van der Waals surface area contributed by atoms with Crippen LogP contribution in [0.4, 0.5) is 0 Å². The number of hydrogen-bond donors (Lipinski definition) is 1. The van der Waals surface area contributed by atoms with Gasteiger partial charge in [0, 0.05) is 6.20 Å². The van der Waals surface area contributed by atoms with Gasteiger partial charge in [0.15, 0.2) is 0 Å². The van der Waals surface area contributed by atoms with Crippen LogP contribution in [0.25, 0.3) is 0 Å². The summed E-state index contributed by atoms with van der Waals surface area (Å²) in [7, 11) is -2.34. The standard InChI is InChI=1S/C6H7NO2S/c8-10(9)5-6-3-1-2-4-7-6/h1-4,10H,5H2. The number of thiol groups is 1. The smallest absolute Gasteiger partial charge is 0.145 e. The molecule has 0 aliphatic rings. The molecule has 0 N–H and O–H groups in total. The number of pyridine rings is 1. The fourth-order valence-corrected chi connectivity index (χ4v) is 1.08. The first-order chi connectivity index (χ1) is 4.79. The third-order valence-corrected chi connectivity index (χ3v) is 1.60. The molecule has 1 aromatic rings. The van der Waals surface area contributed by atoms with E-state index in [0.29, 0.717) is 5.69 Å². The van der Waals surface area contributed by atoms with Crippen LogP contribution in [0.2, 0.25) is 0 Å². The lowest BCUT2D eigenvalue weighted by molar-refractivity contribution is 0.613. The van der Waals surface area contributed by atoms with Gasteiger partial charge < -0.3 is 0 Å². The largest absolute Gasteiger partial charge is 0.260 e. The summed E-state index contributed by atoms with van der Waals surface area (Å²) in [4.78, 5) is 3.84. The van der Waals surface area contributed by atoms with E-state index in [2.05, 4.69) is 4.98 Å². The van der Waals surface area contributed by atoms with Gasteiger partial charge in [-0.15, -0.1) is 0 Å². The fraction of sp³-hybridized carbons (Fsp3) is 0.167. The summed E-state index contributed by atoms with van der Waals surface area (Å²) < 4.78 is 20.3. The highest BCUT2D eigenvalue weighted by molar-refractivity contribution is 7.71. The van der Waals surface area contributed by atoms with E-state index in [1.807, 2.05) is 0 Å². The molecule has 0 spiro atoms. The highest BCUT2D eigenvalue weighted by atomic mass is 32.2. The molecule has 0 radical (unpaired) electrons. The van der Waals surface area contributed by atoms with Crippen molar-refractivity contribution in [2.75, 3.05) is 0 Å². The molecule has 0 amide bonds. The second kappa shape index (κ2) is 3.31. The zero-order valence-electron chi connectivity index (χ0n) is 5.23. The predicted octanol–water partition coefficient (Wildman–Crippen LogP) is 0.193. The quantitative estimate of drug-likeness (QED) is 0.623. The van der Waals surface area contributed by atoms with E-state index < -0.39 is 10.7 Å². The van der Waals surface area contributed by atoms with Crippen LogP contribution in [0, 0.1) is 0 Å². The van der Waals surface area contributed by atoms with Crippen LogP contribution in [0.5, 0.6) is 0 Å². The van der Waals surface area contributed by atoms with Gasteiger partial charge in [-0.2, -0.15) is 0 Å². The van der Waals surface area contributed by atoms with Crippen LogP contribution in [-0.4, -0.2) is 13.4 Å². The monoisotopic (exact) mass is 157 g/mol. The lowest BCUT2D eigenvalue weighted by atomic mass is 10.4. The molecule has 10 heavy (non-hydrogen) atoms. The molecular weight excluding hydrogens is 150 g/mol. The molecule has 0 aromatic carbocycles. The zero-order valence-corrected chi connectivity index (χ0v) is 6.12. The molecule has 1 aromatic heterocycles. The SMILES string of the molecule is O=[SH](=O)Cc1ccccn1. The Kier molecular flexibility index (Phi) is 2.39. The van der Waals surface area contributed by atoms with E-state index >= 15 is 0 Å². The Hall–Kier alpha value is -0.900. The minimum atomic E-state index is -2.34. The molecule has 0 atom stereocenters. The lowest BCUT2D eigenvalue weighted by Gasteiger charge is -1.89. The normalized spacial score (nSPS) is 10.1. The minimum absolute atomic E-state index is 0.0379. The molecule has 0 saturated heterocycles. The van der Waals surface area contributed by atoms with Crippen LogP contribution >= 0.6 is 0 Å². The second-order valence-electron chi connectivity index (χ2n) is 1.81. The molecule has 1 rings (SSSR count). The van der Waals surface area contributed by atoms with Crippen LogP contribution in [0.15, 0.2) is 24.4 Å². The van der Waals surface area contributed by atoms with E-state index in [-0.39, 0.29) is 5.75 Å². The number of hydrogen-bond acceptors (Lipinski definition) is 3. The van der Waals surface area contributed by atoms with Crippen LogP contribution in [0.1, 0.15) is 5.69 Å². The van der Waals surface area contributed by atoms with Crippen molar-refractivity contribution in [2.45, 2.75) is 5.75 Å². The first kappa shape index (κ1) is 7.21. The average Bonchev–Trinajstić information content (AvgIpc) is 1.88. The van der Waals surface area contributed by atoms with Gasteiger partial charge in [0.05, 0.1) is 11.4 Å². The molecule has 0 unspecified atom stereocenters. The molecular formula is C6H7NO2S. The average molecular weight is 157 g/mol. The van der Waals surface area contributed by atoms with Crippen LogP contribution < -0.4 is 0 Å². The summed E-state index contributed by atoms with van der Waals surface area (Å²) in [6.45, 7) is 0. The predicted molar refractivity (Wildman–Crippen MR) is 38.3 cm³/mol. The number of rotatable bonds is 2. The van der Waals surface area contributed by atoms with Gasteiger partial charge in [-0.05, 0) is 12.1 Å². The van der Waals surface area contributed by atoms with Gasteiger partial charge in [-0.3, -0.25) is 4.98 Å². The Morgan fingerprint density at radius 2 is 2.20 bits per heavy atom. The molecule has 0 aliphatic carbocycles. The molecule has 54 valence electrons. The molecule has 0 aliphatic heterocycles. The lowest BCUT2D eigenvalue weighted by Crippen LogP contribution is -1.88. The van der Waals surface area contributed by atoms with E-state index in [1.54, 1.807) is 24.4 Å². The third-order valence-electron chi connectivity index (χ3n) is 1.02. The number of nitrogens with zero attached hydrogens (tertiary/aromatic N) is 1. The maximum absolute atomic E-state index is 10.2. The molecule has 3 nitrogen and oxygen atoms in total. The molecule has 0 saturated carbocycles. The van der Waals surface area contributed by atoms with E-state index in [4.69, 9.17) is 0 Å². The van der Waals surface area contributed by atoms with Crippen LogP contribution in [-0.2, 0) is 16.5 Å². The second-order valence-corrected chi connectivity index (χ2v) is 2.79. The van der Waals surface area contributed by atoms with Crippen molar-refractivity contribution in [1.82, 2.24) is 4.98 Å². The summed E-state index contributed by atoms with van der Waals surface area (Å²) in [6.07, 6.45) is 1.58. The summed E-state index contributed by atoms with van der Waals surface area (Å²) in [5.74, 6) is 0.0379. The van der Waals surface area contributed by atoms with Crippen LogP contribution in [0.3, 0.4) is 0 Å². The maximum Gasteiger partial charge on any atom is 0.145 e. The van der Waals surface area contributed by atoms with Crippen molar-refractivity contribution in [3.63, 3.8) is 0 Å². The van der Waals surface area contributed by atoms with Crippen molar-refractivity contribution in [1.29, 1.82) is 0 Å². The van der Waals surface area contributed by atoms with Gasteiger partial charge >= 0.3 is 0 Å². The van der Waals surface area contributed by atoms with E-state index in [9.17, 15) is 8.42 Å². The van der Waals surface area contributed by atoms with E-state index in [0.717, 1.165) is 0 Å². The van der Waals surface area contributed by atoms with Crippen molar-refractivity contribution in [3.05, 3.63) is 30.1 Å². The summed E-state index contributed by atoms with van der Waals surface area (Å²) in [5, 5.41) is 0. The minimum Gasteiger partial charge on any atom is -0.260 e. The third kappa shape index (κ3) is 2.14. The Balaban J connectivity index is 2.77. The van der Waals surface area contributed by atoms with E-state index in [1.165, 1.54) is 0 Å². The van der Waals surface area contributed by atoms with Crippen molar-refractivity contribution >= 4 is 10.7 Å². The highest BCUT2D eigenvalue weighted by Crippen LogP contribution is 1.93. The van der Waals surface area contributed by atoms with Gasteiger partial charge in [0.25, 0.3) is 0 Å².